The summed E-state index contributed by atoms with van der Waals surface area (Å²) in [5, 5.41) is 0. The second-order valence-electron chi connectivity index (χ2n) is 8.88. The van der Waals surface area contributed by atoms with Crippen LogP contribution in [0, 0.1) is 0 Å². The van der Waals surface area contributed by atoms with Crippen LogP contribution in [-0.2, 0) is 30.6 Å². The fraction of sp³-hybridized carbons (Fsp3) is 0.233. The molecular weight excluding hydrogens is 461 g/mol. The lowest BCUT2D eigenvalue weighted by atomic mass is 9.94. The average molecular weight is 491 g/mol. The van der Waals surface area contributed by atoms with Crippen LogP contribution in [0.3, 0.4) is 0 Å². The standard InChI is InChI=1S/C30H29F3N2O/c1-2-28(25-14-7-4-8-15-25)29(36)35(20-23-11-5-3-6-12-23)22-27-17-10-18-34(27)21-24-13-9-16-26(19-24)30(31,32)33/h3-19,28H,2,20-22H2,1H3. The van der Waals surface area contributed by atoms with Crippen molar-refractivity contribution in [2.45, 2.75) is 45.1 Å². The molecule has 1 heterocycles. The maximum absolute atomic E-state index is 13.8. The molecule has 1 aromatic heterocycles. The molecule has 0 saturated heterocycles. The molecule has 0 aliphatic carbocycles. The number of amides is 1. The highest BCUT2D eigenvalue weighted by Gasteiger charge is 2.30. The molecule has 0 aliphatic heterocycles. The van der Waals surface area contributed by atoms with E-state index in [0.29, 0.717) is 25.1 Å². The number of alkyl halides is 3. The summed E-state index contributed by atoms with van der Waals surface area (Å²) < 4.78 is 41.5. The molecule has 0 saturated carbocycles. The summed E-state index contributed by atoms with van der Waals surface area (Å²) in [6.45, 7) is 3.09. The number of rotatable bonds is 9. The van der Waals surface area contributed by atoms with Crippen molar-refractivity contribution >= 4 is 5.91 Å². The van der Waals surface area contributed by atoms with Crippen molar-refractivity contribution in [2.24, 2.45) is 0 Å². The SMILES string of the molecule is CCC(C(=O)N(Cc1ccccc1)Cc1cccn1Cc1cccc(C(F)(F)F)c1)c1ccccc1. The molecule has 3 aromatic carbocycles. The Kier molecular flexibility index (Phi) is 7.93. The largest absolute Gasteiger partial charge is 0.416 e. The number of hydrogen-bond donors (Lipinski definition) is 0. The van der Waals surface area contributed by atoms with E-state index in [9.17, 15) is 18.0 Å². The zero-order chi connectivity index (χ0) is 25.5. The second-order valence-corrected chi connectivity index (χ2v) is 8.88. The maximum Gasteiger partial charge on any atom is 0.416 e. The summed E-state index contributed by atoms with van der Waals surface area (Å²) in [5.74, 6) is -0.249. The lowest BCUT2D eigenvalue weighted by Gasteiger charge is -2.28. The molecule has 0 bridgehead atoms. The van der Waals surface area contributed by atoms with Crippen LogP contribution in [0.5, 0.6) is 0 Å². The zero-order valence-corrected chi connectivity index (χ0v) is 20.2. The Balaban J connectivity index is 1.60. The highest BCUT2D eigenvalue weighted by atomic mass is 19.4. The van der Waals surface area contributed by atoms with Crippen LogP contribution in [-0.4, -0.2) is 15.4 Å². The molecule has 0 radical (unpaired) electrons. The number of nitrogens with zero attached hydrogens (tertiary/aromatic N) is 2. The van der Waals surface area contributed by atoms with E-state index in [2.05, 4.69) is 0 Å². The summed E-state index contributed by atoms with van der Waals surface area (Å²) in [5.41, 5.74) is 2.74. The highest BCUT2D eigenvalue weighted by molar-refractivity contribution is 5.83. The van der Waals surface area contributed by atoms with Gasteiger partial charge in [0.15, 0.2) is 0 Å². The fourth-order valence-electron chi connectivity index (χ4n) is 4.46. The third kappa shape index (κ3) is 6.25. The number of benzene rings is 3. The van der Waals surface area contributed by atoms with E-state index in [1.165, 1.54) is 12.1 Å². The molecule has 0 spiro atoms. The van der Waals surface area contributed by atoms with Gasteiger partial charge in [0.05, 0.1) is 18.0 Å². The van der Waals surface area contributed by atoms with E-state index >= 15 is 0 Å². The Labute approximate surface area is 209 Å². The minimum absolute atomic E-state index is 0.0272. The van der Waals surface area contributed by atoms with Crippen molar-refractivity contribution < 1.29 is 18.0 Å². The Bertz CT molecular complexity index is 1270. The lowest BCUT2D eigenvalue weighted by Crippen LogP contribution is -2.35. The smallest absolute Gasteiger partial charge is 0.345 e. The van der Waals surface area contributed by atoms with E-state index in [1.54, 1.807) is 6.07 Å². The van der Waals surface area contributed by atoms with Gasteiger partial charge < -0.3 is 9.47 Å². The Morgan fingerprint density at radius 1 is 0.833 bits per heavy atom. The summed E-state index contributed by atoms with van der Waals surface area (Å²) in [6, 6.07) is 28.7. The van der Waals surface area contributed by atoms with Gasteiger partial charge in [-0.3, -0.25) is 4.79 Å². The number of carbonyl (C=O) groups is 1. The first-order chi connectivity index (χ1) is 17.3. The Hall–Kier alpha value is -3.80. The molecule has 4 aromatic rings. The number of hydrogen-bond acceptors (Lipinski definition) is 1. The summed E-state index contributed by atoms with van der Waals surface area (Å²) >= 11 is 0. The molecule has 1 amide bonds. The van der Waals surface area contributed by atoms with Crippen LogP contribution in [0.2, 0.25) is 0 Å². The molecule has 186 valence electrons. The Morgan fingerprint density at radius 2 is 1.50 bits per heavy atom. The molecule has 3 nitrogen and oxygen atoms in total. The summed E-state index contributed by atoms with van der Waals surface area (Å²) in [7, 11) is 0. The van der Waals surface area contributed by atoms with Gasteiger partial charge in [-0.15, -0.1) is 0 Å². The van der Waals surface area contributed by atoms with Crippen LogP contribution < -0.4 is 0 Å². The molecule has 6 heteroatoms. The molecule has 1 atom stereocenters. The minimum atomic E-state index is -4.39. The molecule has 0 aliphatic rings. The van der Waals surface area contributed by atoms with Crippen LogP contribution in [0.4, 0.5) is 13.2 Å². The van der Waals surface area contributed by atoms with Crippen LogP contribution in [0.1, 0.15) is 47.2 Å². The van der Waals surface area contributed by atoms with Crippen molar-refractivity contribution in [3.63, 3.8) is 0 Å². The third-order valence-corrected chi connectivity index (χ3v) is 6.32. The van der Waals surface area contributed by atoms with Gasteiger partial charge >= 0.3 is 6.18 Å². The van der Waals surface area contributed by atoms with Gasteiger partial charge in [-0.05, 0) is 47.4 Å². The first-order valence-corrected chi connectivity index (χ1v) is 12.0. The maximum atomic E-state index is 13.8. The first-order valence-electron chi connectivity index (χ1n) is 12.0. The molecule has 0 fully saturated rings. The molecule has 0 N–H and O–H groups in total. The van der Waals surface area contributed by atoms with Crippen LogP contribution >= 0.6 is 0 Å². The van der Waals surface area contributed by atoms with E-state index in [1.807, 2.05) is 95.4 Å². The zero-order valence-electron chi connectivity index (χ0n) is 20.2. The van der Waals surface area contributed by atoms with E-state index in [0.717, 1.165) is 22.9 Å². The van der Waals surface area contributed by atoms with E-state index in [-0.39, 0.29) is 18.4 Å². The molecule has 1 unspecified atom stereocenters. The van der Waals surface area contributed by atoms with Gasteiger partial charge in [-0.25, -0.2) is 0 Å². The van der Waals surface area contributed by atoms with Gasteiger partial charge in [0.25, 0.3) is 0 Å². The van der Waals surface area contributed by atoms with Gasteiger partial charge in [0.2, 0.25) is 5.91 Å². The van der Waals surface area contributed by atoms with Gasteiger partial charge in [-0.1, -0.05) is 79.7 Å². The predicted molar refractivity (Wildman–Crippen MR) is 135 cm³/mol. The Morgan fingerprint density at radius 3 is 2.17 bits per heavy atom. The van der Waals surface area contributed by atoms with E-state index in [4.69, 9.17) is 0 Å². The number of aromatic nitrogens is 1. The molecule has 4 rings (SSSR count). The fourth-order valence-corrected chi connectivity index (χ4v) is 4.46. The number of halogens is 3. The van der Waals surface area contributed by atoms with E-state index < -0.39 is 11.7 Å². The van der Waals surface area contributed by atoms with Gasteiger partial charge in [0.1, 0.15) is 0 Å². The lowest BCUT2D eigenvalue weighted by molar-refractivity contribution is -0.137. The third-order valence-electron chi connectivity index (χ3n) is 6.32. The van der Waals surface area contributed by atoms with Crippen molar-refractivity contribution in [3.05, 3.63) is 131 Å². The van der Waals surface area contributed by atoms with Gasteiger partial charge in [-0.2, -0.15) is 13.2 Å². The molecule has 36 heavy (non-hydrogen) atoms. The van der Waals surface area contributed by atoms with Crippen molar-refractivity contribution in [1.29, 1.82) is 0 Å². The van der Waals surface area contributed by atoms with Gasteiger partial charge in [0, 0.05) is 25.0 Å². The topological polar surface area (TPSA) is 25.2 Å². The second kappa shape index (κ2) is 11.3. The average Bonchev–Trinajstić information content (AvgIpc) is 3.31. The monoisotopic (exact) mass is 490 g/mol. The highest BCUT2D eigenvalue weighted by Crippen LogP contribution is 2.30. The number of carbonyl (C=O) groups excluding carboxylic acids is 1. The molecular formula is C30H29F3N2O. The van der Waals surface area contributed by atoms with Crippen molar-refractivity contribution in [1.82, 2.24) is 9.47 Å². The predicted octanol–water partition coefficient (Wildman–Crippen LogP) is 7.28. The van der Waals surface area contributed by atoms with Crippen LogP contribution in [0.25, 0.3) is 0 Å². The van der Waals surface area contributed by atoms with Crippen LogP contribution in [0.15, 0.2) is 103 Å². The van der Waals surface area contributed by atoms with Crippen molar-refractivity contribution in [3.8, 4) is 0 Å². The first kappa shape index (κ1) is 25.3. The van der Waals surface area contributed by atoms with Crippen molar-refractivity contribution in [2.75, 3.05) is 0 Å². The quantitative estimate of drug-likeness (QED) is 0.242. The normalized spacial score (nSPS) is 12.3. The summed E-state index contributed by atoms with van der Waals surface area (Å²) in [6.07, 6.45) is -1.88. The minimum Gasteiger partial charge on any atom is -0.345 e. The summed E-state index contributed by atoms with van der Waals surface area (Å²) in [4.78, 5) is 15.7.